The fraction of sp³-hybridized carbons (Fsp3) is 0. The Hall–Kier alpha value is -3.52. The van der Waals surface area contributed by atoms with Crippen LogP contribution in [-0.4, -0.2) is 11.6 Å². The first kappa shape index (κ1) is 16.0. The van der Waals surface area contributed by atoms with E-state index in [1.165, 1.54) is 33.7 Å². The van der Waals surface area contributed by atoms with Crippen LogP contribution in [0.15, 0.2) is 97.1 Å². The molecule has 0 N–H and O–H groups in total. The van der Waals surface area contributed by atoms with Crippen LogP contribution in [0.3, 0.4) is 0 Å². The molecule has 1 aliphatic carbocycles. The van der Waals surface area contributed by atoms with Crippen LogP contribution in [-0.2, 0) is 0 Å². The van der Waals surface area contributed by atoms with E-state index in [2.05, 4.69) is 60.7 Å². The maximum Gasteiger partial charge on any atom is 0.186 e. The molecule has 0 unspecified atom stereocenters. The third kappa shape index (κ3) is 3.05. The van der Waals surface area contributed by atoms with Gasteiger partial charge in [-0.25, -0.2) is 0 Å². The summed E-state index contributed by atoms with van der Waals surface area (Å²) in [7, 11) is 0. The van der Waals surface area contributed by atoms with Gasteiger partial charge < -0.3 is 0 Å². The maximum atomic E-state index is 11.2. The molecule has 2 heteroatoms. The van der Waals surface area contributed by atoms with Gasteiger partial charge in [-0.05, 0) is 45.8 Å². The van der Waals surface area contributed by atoms with Gasteiger partial charge in [0.1, 0.15) is 0 Å². The number of ketones is 2. The lowest BCUT2D eigenvalue weighted by molar-refractivity contribution is 0.0994. The summed E-state index contributed by atoms with van der Waals surface area (Å²) in [4.78, 5) is 22.4. The van der Waals surface area contributed by atoms with Crippen LogP contribution in [0.1, 0.15) is 20.7 Å². The fourth-order valence-corrected chi connectivity index (χ4v) is 3.13. The zero-order valence-corrected chi connectivity index (χ0v) is 14.1. The molecule has 0 atom stereocenters. The molecule has 0 aliphatic heterocycles. The van der Waals surface area contributed by atoms with E-state index in [0.717, 1.165) is 0 Å². The zero-order valence-electron chi connectivity index (χ0n) is 14.1. The molecule has 26 heavy (non-hydrogen) atoms. The standard InChI is InChI=1S/C14H10.C10H6O2/c1-2-6-12-10-14-8-4-3-7-13(14)9-11(12)5-1;11-9-5-6-10(12)8-4-2-1-3-7(8)9/h1-10H;1-6H. The van der Waals surface area contributed by atoms with Crippen molar-refractivity contribution in [3.8, 4) is 0 Å². The number of carbonyl (C=O) groups is 2. The van der Waals surface area contributed by atoms with E-state index in [1.54, 1.807) is 24.3 Å². The predicted octanol–water partition coefficient (Wildman–Crippen LogP) is 5.61. The minimum absolute atomic E-state index is 0.0924. The molecule has 4 aromatic carbocycles. The number of hydrogen-bond acceptors (Lipinski definition) is 2. The summed E-state index contributed by atoms with van der Waals surface area (Å²) in [6.45, 7) is 0. The van der Waals surface area contributed by atoms with Gasteiger partial charge in [0, 0.05) is 11.1 Å². The van der Waals surface area contributed by atoms with E-state index in [0.29, 0.717) is 11.1 Å². The van der Waals surface area contributed by atoms with Crippen molar-refractivity contribution < 1.29 is 9.59 Å². The van der Waals surface area contributed by atoms with Crippen molar-refractivity contribution in [3.05, 3.63) is 108 Å². The summed E-state index contributed by atoms with van der Waals surface area (Å²) in [6, 6.07) is 28.3. The molecule has 4 aromatic rings. The molecule has 124 valence electrons. The Balaban J connectivity index is 0.000000131. The summed E-state index contributed by atoms with van der Waals surface area (Å²) >= 11 is 0. The van der Waals surface area contributed by atoms with Crippen molar-refractivity contribution >= 4 is 33.1 Å². The van der Waals surface area contributed by atoms with Crippen LogP contribution in [0.4, 0.5) is 0 Å². The number of carbonyl (C=O) groups excluding carboxylic acids is 2. The van der Waals surface area contributed by atoms with E-state index >= 15 is 0 Å². The van der Waals surface area contributed by atoms with Gasteiger partial charge in [-0.2, -0.15) is 0 Å². The average Bonchev–Trinajstić information content (AvgIpc) is 2.70. The Morgan fingerprint density at radius 2 is 0.731 bits per heavy atom. The van der Waals surface area contributed by atoms with Crippen LogP contribution < -0.4 is 0 Å². The van der Waals surface area contributed by atoms with Crippen molar-refractivity contribution in [3.63, 3.8) is 0 Å². The second-order valence-corrected chi connectivity index (χ2v) is 6.15. The highest BCUT2D eigenvalue weighted by Gasteiger charge is 2.16. The number of benzene rings is 4. The Kier molecular flexibility index (Phi) is 4.16. The van der Waals surface area contributed by atoms with Gasteiger partial charge in [-0.15, -0.1) is 0 Å². The molecule has 0 radical (unpaired) electrons. The summed E-state index contributed by atoms with van der Waals surface area (Å²) in [5, 5.41) is 5.25. The molecule has 1 aliphatic rings. The van der Waals surface area contributed by atoms with Gasteiger partial charge in [0.15, 0.2) is 11.6 Å². The Labute approximate surface area is 151 Å². The molecule has 0 saturated carbocycles. The van der Waals surface area contributed by atoms with E-state index in [4.69, 9.17) is 0 Å². The number of allylic oxidation sites excluding steroid dienone is 2. The van der Waals surface area contributed by atoms with Crippen LogP contribution in [0, 0.1) is 0 Å². The first-order chi connectivity index (χ1) is 12.7. The van der Waals surface area contributed by atoms with E-state index in [9.17, 15) is 9.59 Å². The molecule has 2 nitrogen and oxygen atoms in total. The second-order valence-electron chi connectivity index (χ2n) is 6.15. The van der Waals surface area contributed by atoms with Gasteiger partial charge in [-0.1, -0.05) is 72.8 Å². The minimum Gasteiger partial charge on any atom is -0.289 e. The third-order valence-electron chi connectivity index (χ3n) is 4.46. The summed E-state index contributed by atoms with van der Waals surface area (Å²) in [5.41, 5.74) is 1.01. The van der Waals surface area contributed by atoms with E-state index < -0.39 is 0 Å². The summed E-state index contributed by atoms with van der Waals surface area (Å²) in [6.07, 6.45) is 2.62. The second kappa shape index (κ2) is 6.77. The van der Waals surface area contributed by atoms with Gasteiger partial charge in [-0.3, -0.25) is 9.59 Å². The molecular formula is C24H16O2. The summed E-state index contributed by atoms with van der Waals surface area (Å²) < 4.78 is 0. The first-order valence-electron chi connectivity index (χ1n) is 8.46. The van der Waals surface area contributed by atoms with Gasteiger partial charge >= 0.3 is 0 Å². The van der Waals surface area contributed by atoms with Gasteiger partial charge in [0.25, 0.3) is 0 Å². The van der Waals surface area contributed by atoms with Gasteiger partial charge in [0.05, 0.1) is 0 Å². The molecule has 0 spiro atoms. The lowest BCUT2D eigenvalue weighted by atomic mass is 9.95. The Morgan fingerprint density at radius 1 is 0.423 bits per heavy atom. The van der Waals surface area contributed by atoms with E-state index in [1.807, 2.05) is 0 Å². The number of hydrogen-bond donors (Lipinski definition) is 0. The molecule has 0 aromatic heterocycles. The van der Waals surface area contributed by atoms with Crippen molar-refractivity contribution in [2.75, 3.05) is 0 Å². The zero-order chi connectivity index (χ0) is 17.9. The monoisotopic (exact) mass is 336 g/mol. The highest BCUT2D eigenvalue weighted by molar-refractivity contribution is 6.21. The Bertz CT molecular complexity index is 1030. The third-order valence-corrected chi connectivity index (χ3v) is 4.46. The van der Waals surface area contributed by atoms with Crippen LogP contribution in [0.25, 0.3) is 21.5 Å². The normalized spacial score (nSPS) is 12.6. The van der Waals surface area contributed by atoms with Crippen LogP contribution >= 0.6 is 0 Å². The average molecular weight is 336 g/mol. The fourth-order valence-electron chi connectivity index (χ4n) is 3.13. The molecule has 0 bridgehead atoms. The number of rotatable bonds is 0. The predicted molar refractivity (Wildman–Crippen MR) is 106 cm³/mol. The minimum atomic E-state index is -0.0924. The largest absolute Gasteiger partial charge is 0.289 e. The lowest BCUT2D eigenvalue weighted by Gasteiger charge is -2.06. The molecule has 0 heterocycles. The molecule has 0 fully saturated rings. The highest BCUT2D eigenvalue weighted by Crippen LogP contribution is 2.22. The highest BCUT2D eigenvalue weighted by atomic mass is 16.1. The van der Waals surface area contributed by atoms with Crippen molar-refractivity contribution in [1.29, 1.82) is 0 Å². The first-order valence-corrected chi connectivity index (χ1v) is 8.46. The van der Waals surface area contributed by atoms with Crippen molar-refractivity contribution in [2.24, 2.45) is 0 Å². The number of fused-ring (bicyclic) bond motifs is 3. The maximum absolute atomic E-state index is 11.2. The summed E-state index contributed by atoms with van der Waals surface area (Å²) in [5.74, 6) is -0.185. The van der Waals surface area contributed by atoms with Crippen molar-refractivity contribution in [2.45, 2.75) is 0 Å². The SMILES string of the molecule is O=C1C=CC(=O)c2ccccc21.c1ccc2cc3ccccc3cc2c1. The molecule has 0 saturated heterocycles. The van der Waals surface area contributed by atoms with Crippen LogP contribution in [0.2, 0.25) is 0 Å². The van der Waals surface area contributed by atoms with Crippen molar-refractivity contribution in [1.82, 2.24) is 0 Å². The lowest BCUT2D eigenvalue weighted by Crippen LogP contribution is -2.10. The molecular weight excluding hydrogens is 320 g/mol. The van der Waals surface area contributed by atoms with Crippen LogP contribution in [0.5, 0.6) is 0 Å². The Morgan fingerprint density at radius 3 is 1.08 bits per heavy atom. The molecule has 5 rings (SSSR count). The topological polar surface area (TPSA) is 34.1 Å². The quantitative estimate of drug-likeness (QED) is 0.391. The smallest absolute Gasteiger partial charge is 0.186 e. The van der Waals surface area contributed by atoms with E-state index in [-0.39, 0.29) is 11.6 Å². The van der Waals surface area contributed by atoms with Gasteiger partial charge in [0.2, 0.25) is 0 Å². The molecule has 0 amide bonds.